The van der Waals surface area contributed by atoms with Gasteiger partial charge in [0.2, 0.25) is 0 Å². The Morgan fingerprint density at radius 2 is 2.00 bits per heavy atom. The smallest absolute Gasteiger partial charge is 0.143 e. The standard InChI is InChI=1S/C11H12OS/c1-13-10-6-5-9-12-11-7-3-2-4-8-11/h2-10H,1H3/b10-6-. The maximum Gasteiger partial charge on any atom is 0.143 e. The summed E-state index contributed by atoms with van der Waals surface area (Å²) in [6.45, 7) is 1.67. The van der Waals surface area contributed by atoms with Crippen molar-refractivity contribution in [3.63, 3.8) is 0 Å². The van der Waals surface area contributed by atoms with Gasteiger partial charge < -0.3 is 4.74 Å². The molecule has 0 unspecified atom stereocenters. The first-order valence-corrected chi connectivity index (χ1v) is 5.28. The zero-order valence-electron chi connectivity index (χ0n) is 7.51. The van der Waals surface area contributed by atoms with Gasteiger partial charge in [-0.3, -0.25) is 0 Å². The number of thioether (sulfide) groups is 1. The van der Waals surface area contributed by atoms with Crippen LogP contribution in [0.5, 0.6) is 5.75 Å². The molecule has 0 fully saturated rings. The van der Waals surface area contributed by atoms with Crippen LogP contribution in [0.15, 0.2) is 41.8 Å². The fraction of sp³-hybridized carbons (Fsp3) is 0.0909. The summed E-state index contributed by atoms with van der Waals surface area (Å²) in [6.07, 6.45) is 5.82. The van der Waals surface area contributed by atoms with Crippen LogP contribution >= 0.6 is 11.8 Å². The Hall–Kier alpha value is -0.890. The van der Waals surface area contributed by atoms with Gasteiger partial charge in [0.15, 0.2) is 0 Å². The van der Waals surface area contributed by atoms with E-state index >= 15 is 0 Å². The van der Waals surface area contributed by atoms with Gasteiger partial charge in [0, 0.05) is 6.42 Å². The number of hydrogen-bond donors (Lipinski definition) is 0. The lowest BCUT2D eigenvalue weighted by atomic mass is 10.3. The number of ether oxygens (including phenoxy) is 1. The number of benzene rings is 1. The molecule has 1 aromatic rings. The molecule has 1 aromatic carbocycles. The van der Waals surface area contributed by atoms with Crippen molar-refractivity contribution >= 4 is 11.8 Å². The average molecular weight is 192 g/mol. The third-order valence-corrected chi connectivity index (χ3v) is 1.78. The zero-order valence-corrected chi connectivity index (χ0v) is 8.33. The maximum absolute atomic E-state index is 5.31. The minimum Gasteiger partial charge on any atom is -0.486 e. The highest BCUT2D eigenvalue weighted by Crippen LogP contribution is 2.10. The van der Waals surface area contributed by atoms with Gasteiger partial charge >= 0.3 is 0 Å². The van der Waals surface area contributed by atoms with Crippen molar-refractivity contribution in [2.45, 2.75) is 0 Å². The molecule has 1 nitrogen and oxygen atoms in total. The molecule has 0 saturated heterocycles. The van der Waals surface area contributed by atoms with Gasteiger partial charge in [-0.1, -0.05) is 24.3 Å². The molecule has 0 amide bonds. The first kappa shape index (κ1) is 10.2. The van der Waals surface area contributed by atoms with E-state index in [0.717, 1.165) is 5.75 Å². The van der Waals surface area contributed by atoms with Crippen molar-refractivity contribution in [2.24, 2.45) is 0 Å². The normalized spacial score (nSPS) is 10.5. The van der Waals surface area contributed by atoms with Crippen LogP contribution in [0, 0.1) is 13.0 Å². The van der Waals surface area contributed by atoms with Gasteiger partial charge in [-0.05, 0) is 23.8 Å². The molecular weight excluding hydrogens is 180 g/mol. The van der Waals surface area contributed by atoms with Crippen molar-refractivity contribution in [1.29, 1.82) is 0 Å². The minimum absolute atomic E-state index is 0.858. The number of rotatable bonds is 5. The van der Waals surface area contributed by atoms with Crippen molar-refractivity contribution in [3.8, 4) is 5.75 Å². The van der Waals surface area contributed by atoms with E-state index in [4.69, 9.17) is 4.74 Å². The molecule has 0 aliphatic heterocycles. The molecule has 0 bridgehead atoms. The summed E-state index contributed by atoms with van der Waals surface area (Å²) in [5.41, 5.74) is 0. The molecule has 68 valence electrons. The molecule has 0 aliphatic rings. The largest absolute Gasteiger partial charge is 0.486 e. The van der Waals surface area contributed by atoms with Crippen LogP contribution in [0.4, 0.5) is 0 Å². The Labute approximate surface area is 83.8 Å². The molecule has 2 radical (unpaired) electrons. The van der Waals surface area contributed by atoms with E-state index in [9.17, 15) is 0 Å². The molecule has 1 rings (SSSR count). The fourth-order valence-corrected chi connectivity index (χ4v) is 1.03. The van der Waals surface area contributed by atoms with Gasteiger partial charge in [-0.25, -0.2) is 0 Å². The van der Waals surface area contributed by atoms with Gasteiger partial charge in [0.1, 0.15) is 12.4 Å². The van der Waals surface area contributed by atoms with Gasteiger partial charge in [-0.2, -0.15) is 0 Å². The molecule has 0 aromatic heterocycles. The third kappa shape index (κ3) is 4.63. The summed E-state index contributed by atoms with van der Waals surface area (Å²) in [4.78, 5) is 0. The predicted octanol–water partition coefficient (Wildman–Crippen LogP) is 3.31. The summed E-state index contributed by atoms with van der Waals surface area (Å²) in [6, 6.07) is 9.69. The Balaban J connectivity index is 2.17. The second kappa shape index (κ2) is 6.61. The fourth-order valence-electron chi connectivity index (χ4n) is 0.786. The SMILES string of the molecule is CS/C=C\[CH][CH]Oc1ccccc1. The first-order valence-electron chi connectivity index (χ1n) is 3.99. The first-order chi connectivity index (χ1) is 6.43. The topological polar surface area (TPSA) is 9.23 Å². The molecule has 0 heterocycles. The predicted molar refractivity (Wildman–Crippen MR) is 58.3 cm³/mol. The Bertz CT molecular complexity index is 244. The average Bonchev–Trinajstić information content (AvgIpc) is 2.19. The molecule has 0 saturated carbocycles. The maximum atomic E-state index is 5.31. The summed E-state index contributed by atoms with van der Waals surface area (Å²) in [5.74, 6) is 0.858. The van der Waals surface area contributed by atoms with Crippen LogP contribution in [0.3, 0.4) is 0 Å². The van der Waals surface area contributed by atoms with Crippen LogP contribution in [0.25, 0.3) is 0 Å². The van der Waals surface area contributed by atoms with Crippen LogP contribution in [-0.4, -0.2) is 6.26 Å². The van der Waals surface area contributed by atoms with Gasteiger partial charge in [0.05, 0.1) is 0 Å². The summed E-state index contributed by atoms with van der Waals surface area (Å²) >= 11 is 1.66. The van der Waals surface area contributed by atoms with E-state index in [1.54, 1.807) is 18.4 Å². The number of hydrogen-bond acceptors (Lipinski definition) is 2. The Morgan fingerprint density at radius 3 is 2.69 bits per heavy atom. The van der Waals surface area contributed by atoms with Crippen LogP contribution in [0.1, 0.15) is 0 Å². The summed E-state index contributed by atoms with van der Waals surface area (Å²) in [7, 11) is 0. The van der Waals surface area contributed by atoms with E-state index < -0.39 is 0 Å². The van der Waals surface area contributed by atoms with E-state index in [2.05, 4.69) is 0 Å². The molecule has 0 aliphatic carbocycles. The number of para-hydroxylation sites is 1. The highest BCUT2D eigenvalue weighted by atomic mass is 32.2. The second-order valence-electron chi connectivity index (χ2n) is 2.32. The highest BCUT2D eigenvalue weighted by Gasteiger charge is 1.89. The zero-order chi connectivity index (χ0) is 9.36. The van der Waals surface area contributed by atoms with E-state index in [1.165, 1.54) is 0 Å². The quantitative estimate of drug-likeness (QED) is 0.662. The van der Waals surface area contributed by atoms with E-state index in [1.807, 2.05) is 54.5 Å². The molecule has 13 heavy (non-hydrogen) atoms. The molecular formula is C11H12OS. The Morgan fingerprint density at radius 1 is 1.23 bits per heavy atom. The third-order valence-electron chi connectivity index (χ3n) is 1.35. The summed E-state index contributed by atoms with van der Waals surface area (Å²) in [5, 5.41) is 1.99. The Kier molecular flexibility index (Phi) is 5.18. The van der Waals surface area contributed by atoms with Crippen molar-refractivity contribution in [3.05, 3.63) is 54.8 Å². The van der Waals surface area contributed by atoms with Crippen LogP contribution in [0.2, 0.25) is 0 Å². The lowest BCUT2D eigenvalue weighted by molar-refractivity contribution is 0.426. The van der Waals surface area contributed by atoms with Crippen LogP contribution in [-0.2, 0) is 0 Å². The van der Waals surface area contributed by atoms with Crippen molar-refractivity contribution in [2.75, 3.05) is 6.26 Å². The lowest BCUT2D eigenvalue weighted by Crippen LogP contribution is -1.87. The van der Waals surface area contributed by atoms with E-state index in [0.29, 0.717) is 0 Å². The molecule has 0 atom stereocenters. The summed E-state index contributed by atoms with van der Waals surface area (Å²) < 4.78 is 5.31. The van der Waals surface area contributed by atoms with Gasteiger partial charge in [-0.15, -0.1) is 11.8 Å². The highest BCUT2D eigenvalue weighted by molar-refractivity contribution is 8.01. The van der Waals surface area contributed by atoms with E-state index in [-0.39, 0.29) is 0 Å². The molecule has 2 heteroatoms. The minimum atomic E-state index is 0.858. The van der Waals surface area contributed by atoms with Crippen LogP contribution < -0.4 is 4.74 Å². The van der Waals surface area contributed by atoms with Crippen molar-refractivity contribution in [1.82, 2.24) is 0 Å². The molecule has 0 spiro atoms. The monoisotopic (exact) mass is 192 g/mol. The molecule has 0 N–H and O–H groups in total. The van der Waals surface area contributed by atoms with Gasteiger partial charge in [0.25, 0.3) is 0 Å². The lowest BCUT2D eigenvalue weighted by Gasteiger charge is -2.01. The second-order valence-corrected chi connectivity index (χ2v) is 3.07. The van der Waals surface area contributed by atoms with Crippen molar-refractivity contribution < 1.29 is 4.74 Å².